The molecule has 80 valence electrons. The fraction of sp³-hybridized carbons (Fsp3) is 0.364. The average molecular weight is 205 g/mol. The SMILES string of the molecule is CC(C)(C)Oc1ccc2nc(N)[nH]c2c1. The van der Waals surface area contributed by atoms with Gasteiger partial charge < -0.3 is 15.5 Å². The van der Waals surface area contributed by atoms with E-state index in [1.807, 2.05) is 39.0 Å². The van der Waals surface area contributed by atoms with Gasteiger partial charge in [0.1, 0.15) is 11.4 Å². The molecule has 0 spiro atoms. The van der Waals surface area contributed by atoms with E-state index in [2.05, 4.69) is 9.97 Å². The van der Waals surface area contributed by atoms with Gasteiger partial charge >= 0.3 is 0 Å². The number of nitrogens with two attached hydrogens (primary N) is 1. The molecule has 2 rings (SSSR count). The van der Waals surface area contributed by atoms with Crippen molar-refractivity contribution in [2.45, 2.75) is 26.4 Å². The fourth-order valence-corrected chi connectivity index (χ4v) is 1.43. The first-order chi connectivity index (χ1) is 6.94. The van der Waals surface area contributed by atoms with Crippen molar-refractivity contribution in [2.24, 2.45) is 0 Å². The number of nitrogens with zero attached hydrogens (tertiary/aromatic N) is 1. The van der Waals surface area contributed by atoms with Crippen LogP contribution in [-0.4, -0.2) is 15.6 Å². The lowest BCUT2D eigenvalue weighted by molar-refractivity contribution is 0.131. The molecule has 0 saturated carbocycles. The van der Waals surface area contributed by atoms with Crippen molar-refractivity contribution in [2.75, 3.05) is 5.73 Å². The number of nitrogens with one attached hydrogen (secondary N) is 1. The molecule has 0 bridgehead atoms. The van der Waals surface area contributed by atoms with E-state index in [9.17, 15) is 0 Å². The van der Waals surface area contributed by atoms with Crippen LogP contribution in [0.1, 0.15) is 20.8 Å². The summed E-state index contributed by atoms with van der Waals surface area (Å²) in [6, 6.07) is 5.70. The van der Waals surface area contributed by atoms with Crippen molar-refractivity contribution < 1.29 is 4.74 Å². The normalized spacial score (nSPS) is 11.9. The zero-order chi connectivity index (χ0) is 11.1. The molecule has 1 aromatic heterocycles. The van der Waals surface area contributed by atoms with Gasteiger partial charge in [0, 0.05) is 6.07 Å². The van der Waals surface area contributed by atoms with Gasteiger partial charge in [0.2, 0.25) is 0 Å². The molecule has 0 saturated heterocycles. The third-order valence-electron chi connectivity index (χ3n) is 1.90. The summed E-state index contributed by atoms with van der Waals surface area (Å²) in [6.07, 6.45) is 0. The Kier molecular flexibility index (Phi) is 2.07. The first kappa shape index (κ1) is 9.83. The third-order valence-corrected chi connectivity index (χ3v) is 1.90. The predicted molar refractivity (Wildman–Crippen MR) is 60.9 cm³/mol. The summed E-state index contributed by atoms with van der Waals surface area (Å²) in [5.41, 5.74) is 7.12. The molecule has 0 unspecified atom stereocenters. The number of rotatable bonds is 1. The molecule has 0 aliphatic carbocycles. The Morgan fingerprint density at radius 3 is 2.73 bits per heavy atom. The van der Waals surface area contributed by atoms with Crippen LogP contribution in [0, 0.1) is 0 Å². The lowest BCUT2D eigenvalue weighted by atomic mass is 10.2. The first-order valence-corrected chi connectivity index (χ1v) is 4.88. The number of nitrogen functional groups attached to an aromatic ring is 1. The van der Waals surface area contributed by atoms with E-state index in [-0.39, 0.29) is 5.60 Å². The number of fused-ring (bicyclic) bond motifs is 1. The zero-order valence-electron chi connectivity index (χ0n) is 9.16. The van der Waals surface area contributed by atoms with Gasteiger partial charge in [-0.1, -0.05) is 0 Å². The van der Waals surface area contributed by atoms with Crippen LogP contribution >= 0.6 is 0 Å². The molecule has 15 heavy (non-hydrogen) atoms. The molecule has 0 atom stereocenters. The standard InChI is InChI=1S/C11H15N3O/c1-11(2,3)15-7-4-5-8-9(6-7)14-10(12)13-8/h4-6H,1-3H3,(H3,12,13,14). The molecule has 0 amide bonds. The molecule has 3 N–H and O–H groups in total. The third kappa shape index (κ3) is 2.21. The van der Waals surface area contributed by atoms with Gasteiger partial charge in [0.05, 0.1) is 11.0 Å². The number of anilines is 1. The molecule has 0 radical (unpaired) electrons. The van der Waals surface area contributed by atoms with Crippen LogP contribution in [0.4, 0.5) is 5.95 Å². The van der Waals surface area contributed by atoms with E-state index in [0.29, 0.717) is 5.95 Å². The van der Waals surface area contributed by atoms with Crippen LogP contribution < -0.4 is 10.5 Å². The summed E-state index contributed by atoms with van der Waals surface area (Å²) in [5.74, 6) is 1.25. The van der Waals surface area contributed by atoms with Crippen LogP contribution in [0.3, 0.4) is 0 Å². The van der Waals surface area contributed by atoms with Gasteiger partial charge in [-0.2, -0.15) is 0 Å². The molecule has 0 fully saturated rings. The molecule has 1 heterocycles. The largest absolute Gasteiger partial charge is 0.488 e. The Labute approximate surface area is 88.5 Å². The second-order valence-electron chi connectivity index (χ2n) is 4.52. The van der Waals surface area contributed by atoms with E-state index in [4.69, 9.17) is 10.5 Å². The Hall–Kier alpha value is -1.71. The van der Waals surface area contributed by atoms with E-state index in [1.165, 1.54) is 0 Å². The average Bonchev–Trinajstić information content (AvgIpc) is 2.40. The second kappa shape index (κ2) is 3.15. The number of hydrogen-bond acceptors (Lipinski definition) is 3. The van der Waals surface area contributed by atoms with Gasteiger partial charge in [-0.3, -0.25) is 0 Å². The molecule has 2 aromatic rings. The van der Waals surface area contributed by atoms with Crippen molar-refractivity contribution in [3.8, 4) is 5.75 Å². The van der Waals surface area contributed by atoms with E-state index in [1.54, 1.807) is 0 Å². The summed E-state index contributed by atoms with van der Waals surface area (Å²) < 4.78 is 5.73. The quantitative estimate of drug-likeness (QED) is 0.751. The maximum atomic E-state index is 5.73. The highest BCUT2D eigenvalue weighted by atomic mass is 16.5. The minimum absolute atomic E-state index is 0.195. The molecule has 4 heteroatoms. The number of imidazole rings is 1. The number of aromatic nitrogens is 2. The first-order valence-electron chi connectivity index (χ1n) is 4.88. The highest BCUT2D eigenvalue weighted by Gasteiger charge is 2.12. The monoisotopic (exact) mass is 205 g/mol. The molecular formula is C11H15N3O. The molecule has 1 aromatic carbocycles. The summed E-state index contributed by atoms with van der Waals surface area (Å²) in [6.45, 7) is 6.04. The zero-order valence-corrected chi connectivity index (χ0v) is 9.16. The van der Waals surface area contributed by atoms with E-state index in [0.717, 1.165) is 16.8 Å². The minimum atomic E-state index is -0.195. The van der Waals surface area contributed by atoms with Crippen LogP contribution in [0.25, 0.3) is 11.0 Å². The van der Waals surface area contributed by atoms with Gasteiger partial charge in [0.25, 0.3) is 0 Å². The maximum absolute atomic E-state index is 5.73. The predicted octanol–water partition coefficient (Wildman–Crippen LogP) is 2.32. The second-order valence-corrected chi connectivity index (χ2v) is 4.52. The van der Waals surface area contributed by atoms with Crippen molar-refractivity contribution >= 4 is 17.0 Å². The van der Waals surface area contributed by atoms with Crippen molar-refractivity contribution in [3.05, 3.63) is 18.2 Å². The molecule has 0 aliphatic rings. The van der Waals surface area contributed by atoms with E-state index >= 15 is 0 Å². The molecule has 0 aliphatic heterocycles. The smallest absolute Gasteiger partial charge is 0.198 e. The van der Waals surface area contributed by atoms with Crippen LogP contribution in [0.5, 0.6) is 5.75 Å². The van der Waals surface area contributed by atoms with Gasteiger partial charge in [-0.15, -0.1) is 0 Å². The molecule has 4 nitrogen and oxygen atoms in total. The minimum Gasteiger partial charge on any atom is -0.488 e. The Morgan fingerprint density at radius 2 is 2.07 bits per heavy atom. The van der Waals surface area contributed by atoms with E-state index < -0.39 is 0 Å². The van der Waals surface area contributed by atoms with Crippen LogP contribution in [0.15, 0.2) is 18.2 Å². The lowest BCUT2D eigenvalue weighted by Crippen LogP contribution is -2.22. The summed E-state index contributed by atoms with van der Waals surface area (Å²) in [4.78, 5) is 7.09. The number of H-pyrrole nitrogens is 1. The number of benzene rings is 1. The topological polar surface area (TPSA) is 63.9 Å². The maximum Gasteiger partial charge on any atom is 0.198 e. The Morgan fingerprint density at radius 1 is 1.33 bits per heavy atom. The van der Waals surface area contributed by atoms with Gasteiger partial charge in [-0.05, 0) is 32.9 Å². The van der Waals surface area contributed by atoms with Crippen molar-refractivity contribution in [1.82, 2.24) is 9.97 Å². The summed E-state index contributed by atoms with van der Waals surface area (Å²) in [5, 5.41) is 0. The summed E-state index contributed by atoms with van der Waals surface area (Å²) >= 11 is 0. The van der Waals surface area contributed by atoms with Crippen LogP contribution in [-0.2, 0) is 0 Å². The fourth-order valence-electron chi connectivity index (χ4n) is 1.43. The lowest BCUT2D eigenvalue weighted by Gasteiger charge is -2.21. The number of ether oxygens (including phenoxy) is 1. The number of aromatic amines is 1. The van der Waals surface area contributed by atoms with Crippen LogP contribution in [0.2, 0.25) is 0 Å². The summed E-state index contributed by atoms with van der Waals surface area (Å²) in [7, 11) is 0. The van der Waals surface area contributed by atoms with Crippen molar-refractivity contribution in [3.63, 3.8) is 0 Å². The Bertz CT molecular complexity index is 482. The molecular weight excluding hydrogens is 190 g/mol. The highest BCUT2D eigenvalue weighted by molar-refractivity contribution is 5.78. The van der Waals surface area contributed by atoms with Gasteiger partial charge in [0.15, 0.2) is 5.95 Å². The highest BCUT2D eigenvalue weighted by Crippen LogP contribution is 2.22. The van der Waals surface area contributed by atoms with Crippen molar-refractivity contribution in [1.29, 1.82) is 0 Å². The van der Waals surface area contributed by atoms with Gasteiger partial charge in [-0.25, -0.2) is 4.98 Å². The Balaban J connectivity index is 2.38. The number of hydrogen-bond donors (Lipinski definition) is 2.